The van der Waals surface area contributed by atoms with E-state index in [0.29, 0.717) is 13.2 Å². The molecule has 0 aliphatic heterocycles. The summed E-state index contributed by atoms with van der Waals surface area (Å²) in [6.45, 7) is 0.977. The minimum Gasteiger partial charge on any atom is -0.367 e. The molecule has 5 heteroatoms. The molecule has 24 heavy (non-hydrogen) atoms. The summed E-state index contributed by atoms with van der Waals surface area (Å²) in [6, 6.07) is 19.7. The van der Waals surface area contributed by atoms with Crippen molar-refractivity contribution in [1.29, 1.82) is 0 Å². The van der Waals surface area contributed by atoms with Gasteiger partial charge in [0.2, 0.25) is 5.91 Å². The fourth-order valence-corrected chi connectivity index (χ4v) is 2.31. The zero-order valence-corrected chi connectivity index (χ0v) is 13.2. The Balaban J connectivity index is 1.41. The molecule has 122 valence electrons. The van der Waals surface area contributed by atoms with Crippen molar-refractivity contribution in [2.24, 2.45) is 0 Å². The van der Waals surface area contributed by atoms with E-state index < -0.39 is 0 Å². The summed E-state index contributed by atoms with van der Waals surface area (Å²) in [5.41, 5.74) is 4.13. The molecule has 0 atom stereocenters. The van der Waals surface area contributed by atoms with Crippen LogP contribution in [0.2, 0.25) is 0 Å². The number of rotatable bonds is 7. The van der Waals surface area contributed by atoms with Crippen LogP contribution in [0.25, 0.3) is 11.3 Å². The van der Waals surface area contributed by atoms with Crippen LogP contribution in [-0.4, -0.2) is 22.7 Å². The molecule has 0 bridgehead atoms. The van der Waals surface area contributed by atoms with Crippen molar-refractivity contribution in [1.82, 2.24) is 15.5 Å². The van der Waals surface area contributed by atoms with Gasteiger partial charge in [-0.1, -0.05) is 54.6 Å². The average molecular weight is 321 g/mol. The Morgan fingerprint density at radius 1 is 1.00 bits per heavy atom. The molecule has 1 aromatic heterocycles. The second-order valence-corrected chi connectivity index (χ2v) is 5.42. The lowest BCUT2D eigenvalue weighted by Crippen LogP contribution is -2.27. The molecule has 1 amide bonds. The Labute approximate surface area is 140 Å². The minimum atomic E-state index is -0.122. The first-order chi connectivity index (χ1) is 11.8. The first-order valence-corrected chi connectivity index (χ1v) is 7.78. The van der Waals surface area contributed by atoms with Crippen LogP contribution < -0.4 is 5.32 Å². The van der Waals surface area contributed by atoms with Crippen LogP contribution >= 0.6 is 0 Å². The van der Waals surface area contributed by atoms with Gasteiger partial charge in [0.15, 0.2) is 0 Å². The third-order valence-electron chi connectivity index (χ3n) is 3.60. The summed E-state index contributed by atoms with van der Waals surface area (Å²) >= 11 is 0. The Hall–Kier alpha value is -2.92. The second kappa shape index (κ2) is 8.08. The van der Waals surface area contributed by atoms with E-state index in [-0.39, 0.29) is 12.5 Å². The van der Waals surface area contributed by atoms with Crippen molar-refractivity contribution >= 4 is 5.91 Å². The van der Waals surface area contributed by atoms with Crippen molar-refractivity contribution in [3.05, 3.63) is 78.0 Å². The quantitative estimate of drug-likeness (QED) is 0.703. The number of hydrogen-bond donors (Lipinski definition) is 2. The van der Waals surface area contributed by atoms with Gasteiger partial charge in [0.05, 0.1) is 12.3 Å². The van der Waals surface area contributed by atoms with Gasteiger partial charge in [-0.2, -0.15) is 5.10 Å². The summed E-state index contributed by atoms with van der Waals surface area (Å²) < 4.78 is 5.41. The third kappa shape index (κ3) is 4.54. The van der Waals surface area contributed by atoms with Crippen LogP contribution in [0.5, 0.6) is 0 Å². The molecule has 2 N–H and O–H groups in total. The van der Waals surface area contributed by atoms with Crippen LogP contribution in [0.3, 0.4) is 0 Å². The zero-order chi connectivity index (χ0) is 16.6. The number of aromatic amines is 1. The first-order valence-electron chi connectivity index (χ1n) is 7.78. The Morgan fingerprint density at radius 2 is 1.79 bits per heavy atom. The van der Waals surface area contributed by atoms with Gasteiger partial charge < -0.3 is 10.1 Å². The standard InChI is InChI=1S/C19H19N3O2/c23-19(14-24-13-16-4-2-1-3-5-16)20-12-15-6-8-17(9-7-15)18-10-11-21-22-18/h1-11H,12-14H2,(H,20,23)(H,21,22). The van der Waals surface area contributed by atoms with E-state index in [0.717, 1.165) is 22.4 Å². The Kier molecular flexibility index (Phi) is 5.37. The van der Waals surface area contributed by atoms with Crippen molar-refractivity contribution in [3.63, 3.8) is 0 Å². The van der Waals surface area contributed by atoms with E-state index in [2.05, 4.69) is 15.5 Å². The molecule has 2 aromatic carbocycles. The van der Waals surface area contributed by atoms with E-state index in [1.807, 2.05) is 60.7 Å². The molecule has 0 fully saturated rings. The number of carbonyl (C=O) groups is 1. The van der Waals surface area contributed by atoms with Gasteiger partial charge in [-0.25, -0.2) is 0 Å². The smallest absolute Gasteiger partial charge is 0.246 e. The first kappa shape index (κ1) is 16.0. The lowest BCUT2D eigenvalue weighted by Gasteiger charge is -2.07. The maximum atomic E-state index is 11.8. The Morgan fingerprint density at radius 3 is 2.50 bits per heavy atom. The zero-order valence-electron chi connectivity index (χ0n) is 13.2. The summed E-state index contributed by atoms with van der Waals surface area (Å²) in [5.74, 6) is -0.122. The molecule has 3 rings (SSSR count). The summed E-state index contributed by atoms with van der Waals surface area (Å²) in [6.07, 6.45) is 1.72. The van der Waals surface area contributed by atoms with Gasteiger partial charge in [-0.15, -0.1) is 0 Å². The molecular weight excluding hydrogens is 302 g/mol. The highest BCUT2D eigenvalue weighted by atomic mass is 16.5. The van der Waals surface area contributed by atoms with Crippen LogP contribution in [-0.2, 0) is 22.7 Å². The predicted octanol–water partition coefficient (Wildman–Crippen LogP) is 2.91. The van der Waals surface area contributed by atoms with Crippen LogP contribution in [0.1, 0.15) is 11.1 Å². The number of nitrogens with one attached hydrogen (secondary N) is 2. The number of hydrogen-bond acceptors (Lipinski definition) is 3. The van der Waals surface area contributed by atoms with Crippen LogP contribution in [0, 0.1) is 0 Å². The minimum absolute atomic E-state index is 0.0567. The van der Waals surface area contributed by atoms with E-state index in [1.165, 1.54) is 0 Å². The lowest BCUT2D eigenvalue weighted by atomic mass is 10.1. The van der Waals surface area contributed by atoms with Gasteiger partial charge >= 0.3 is 0 Å². The highest BCUT2D eigenvalue weighted by molar-refractivity contribution is 5.77. The maximum Gasteiger partial charge on any atom is 0.246 e. The SMILES string of the molecule is O=C(COCc1ccccc1)NCc1ccc(-c2ccn[nH]2)cc1. The second-order valence-electron chi connectivity index (χ2n) is 5.42. The van der Waals surface area contributed by atoms with Gasteiger partial charge in [0.25, 0.3) is 0 Å². The number of aromatic nitrogens is 2. The van der Waals surface area contributed by atoms with Crippen molar-refractivity contribution in [3.8, 4) is 11.3 Å². The Bertz CT molecular complexity index is 753. The fraction of sp³-hybridized carbons (Fsp3) is 0.158. The molecule has 0 radical (unpaired) electrons. The molecule has 0 saturated carbocycles. The van der Waals surface area contributed by atoms with Crippen molar-refractivity contribution < 1.29 is 9.53 Å². The van der Waals surface area contributed by atoms with Gasteiger partial charge in [0, 0.05) is 12.7 Å². The van der Waals surface area contributed by atoms with Gasteiger partial charge in [-0.05, 0) is 22.8 Å². The lowest BCUT2D eigenvalue weighted by molar-refractivity contribution is -0.126. The summed E-state index contributed by atoms with van der Waals surface area (Å²) in [7, 11) is 0. The van der Waals surface area contributed by atoms with E-state index >= 15 is 0 Å². The number of ether oxygens (including phenoxy) is 1. The fourth-order valence-electron chi connectivity index (χ4n) is 2.31. The van der Waals surface area contributed by atoms with Crippen LogP contribution in [0.15, 0.2) is 66.9 Å². The van der Waals surface area contributed by atoms with Crippen molar-refractivity contribution in [2.45, 2.75) is 13.2 Å². The molecular formula is C19H19N3O2. The molecule has 0 aliphatic carbocycles. The van der Waals surface area contributed by atoms with E-state index in [9.17, 15) is 4.79 Å². The number of amides is 1. The van der Waals surface area contributed by atoms with Gasteiger partial charge in [0.1, 0.15) is 6.61 Å². The summed E-state index contributed by atoms with van der Waals surface area (Å²) in [5, 5.41) is 9.71. The molecule has 0 spiro atoms. The average Bonchev–Trinajstić information content (AvgIpc) is 3.16. The monoisotopic (exact) mass is 321 g/mol. The topological polar surface area (TPSA) is 67.0 Å². The summed E-state index contributed by atoms with van der Waals surface area (Å²) in [4.78, 5) is 11.8. The molecule has 1 heterocycles. The molecule has 0 aliphatic rings. The van der Waals surface area contributed by atoms with Crippen LogP contribution in [0.4, 0.5) is 0 Å². The van der Waals surface area contributed by atoms with Crippen molar-refractivity contribution in [2.75, 3.05) is 6.61 Å². The number of nitrogens with zero attached hydrogens (tertiary/aromatic N) is 1. The highest BCUT2D eigenvalue weighted by Crippen LogP contribution is 2.16. The van der Waals surface area contributed by atoms with E-state index in [1.54, 1.807) is 6.20 Å². The normalized spacial score (nSPS) is 10.5. The molecule has 3 aromatic rings. The third-order valence-corrected chi connectivity index (χ3v) is 3.60. The molecule has 0 unspecified atom stereocenters. The largest absolute Gasteiger partial charge is 0.367 e. The molecule has 0 saturated heterocycles. The maximum absolute atomic E-state index is 11.8. The van der Waals surface area contributed by atoms with E-state index in [4.69, 9.17) is 4.74 Å². The molecule has 5 nitrogen and oxygen atoms in total. The number of H-pyrrole nitrogens is 1. The number of carbonyl (C=O) groups excluding carboxylic acids is 1. The van der Waals surface area contributed by atoms with Gasteiger partial charge in [-0.3, -0.25) is 9.89 Å². The number of benzene rings is 2. The predicted molar refractivity (Wildman–Crippen MR) is 92.0 cm³/mol. The highest BCUT2D eigenvalue weighted by Gasteiger charge is 2.03.